The molecule has 0 aliphatic carbocycles. The molecule has 0 aromatic heterocycles. The number of amides is 2. The minimum absolute atomic E-state index is 0.106. The first-order chi connectivity index (χ1) is 16.1. The second kappa shape index (κ2) is 12.8. The third-order valence-corrected chi connectivity index (χ3v) is 6.89. The molecule has 186 valence electrons. The minimum Gasteiger partial charge on any atom is -0.355 e. The van der Waals surface area contributed by atoms with Crippen molar-refractivity contribution in [1.82, 2.24) is 10.2 Å². The lowest BCUT2D eigenvalue weighted by Gasteiger charge is -2.31. The molecule has 0 fully saturated rings. The Morgan fingerprint density at radius 2 is 1.76 bits per heavy atom. The summed E-state index contributed by atoms with van der Waals surface area (Å²) in [6.07, 6.45) is 2.01. The number of aryl methyl sites for hydroxylation is 1. The normalized spacial score (nSPS) is 12.1. The predicted molar refractivity (Wildman–Crippen MR) is 137 cm³/mol. The van der Waals surface area contributed by atoms with Gasteiger partial charge in [0.05, 0.1) is 11.9 Å². The van der Waals surface area contributed by atoms with Crippen LogP contribution in [-0.4, -0.2) is 50.5 Å². The highest BCUT2D eigenvalue weighted by molar-refractivity contribution is 7.92. The van der Waals surface area contributed by atoms with Crippen molar-refractivity contribution in [1.29, 1.82) is 0 Å². The third kappa shape index (κ3) is 8.02. The molecule has 2 aromatic carbocycles. The number of carbonyl (C=O) groups is 2. The molecule has 7 nitrogen and oxygen atoms in total. The lowest BCUT2D eigenvalue weighted by molar-refractivity contribution is -0.141. The van der Waals surface area contributed by atoms with Crippen molar-refractivity contribution in [3.63, 3.8) is 0 Å². The summed E-state index contributed by atoms with van der Waals surface area (Å²) in [7, 11) is -3.56. The van der Waals surface area contributed by atoms with Crippen LogP contribution in [0.1, 0.15) is 44.2 Å². The standard InChI is InChI=1S/C25H34ClN3O4S/c1-5-23(25(31)27-6-2)28(18-20-14-12-19(3)13-15-20)24(30)11-8-16-29(34(4,32)33)22-10-7-9-21(26)17-22/h7,9-10,12-15,17,23H,5-6,8,11,16,18H2,1-4H3,(H,27,31)/t23-/m0/s1. The van der Waals surface area contributed by atoms with Gasteiger partial charge >= 0.3 is 0 Å². The third-order valence-electron chi connectivity index (χ3n) is 5.46. The Kier molecular flexibility index (Phi) is 10.4. The molecule has 2 aromatic rings. The SMILES string of the molecule is CCNC(=O)[C@H](CC)N(Cc1ccc(C)cc1)C(=O)CCCN(c1cccc(Cl)c1)S(C)(=O)=O. The zero-order valence-electron chi connectivity index (χ0n) is 20.3. The smallest absolute Gasteiger partial charge is 0.242 e. The molecule has 0 aliphatic rings. The topological polar surface area (TPSA) is 86.8 Å². The zero-order valence-corrected chi connectivity index (χ0v) is 21.8. The predicted octanol–water partition coefficient (Wildman–Crippen LogP) is 4.14. The Hall–Kier alpha value is -2.58. The highest BCUT2D eigenvalue weighted by atomic mass is 35.5. The number of halogens is 1. The van der Waals surface area contributed by atoms with E-state index in [2.05, 4.69) is 5.32 Å². The van der Waals surface area contributed by atoms with E-state index in [1.54, 1.807) is 29.2 Å². The molecule has 0 radical (unpaired) electrons. The van der Waals surface area contributed by atoms with E-state index in [1.807, 2.05) is 45.0 Å². The van der Waals surface area contributed by atoms with Crippen LogP contribution in [0.2, 0.25) is 5.02 Å². The van der Waals surface area contributed by atoms with Gasteiger partial charge in [0.25, 0.3) is 0 Å². The maximum Gasteiger partial charge on any atom is 0.242 e. The number of anilines is 1. The molecule has 1 atom stereocenters. The Morgan fingerprint density at radius 1 is 1.09 bits per heavy atom. The first-order valence-corrected chi connectivity index (χ1v) is 13.7. The van der Waals surface area contributed by atoms with Crippen molar-refractivity contribution in [3.8, 4) is 0 Å². The molecule has 0 saturated heterocycles. The monoisotopic (exact) mass is 507 g/mol. The van der Waals surface area contributed by atoms with Crippen molar-refractivity contribution in [3.05, 3.63) is 64.7 Å². The number of hydrogen-bond acceptors (Lipinski definition) is 4. The second-order valence-corrected chi connectivity index (χ2v) is 10.6. The van der Waals surface area contributed by atoms with Crippen molar-refractivity contribution in [2.75, 3.05) is 23.7 Å². The van der Waals surface area contributed by atoms with Gasteiger partial charge in [-0.3, -0.25) is 13.9 Å². The first kappa shape index (κ1) is 27.7. The quantitative estimate of drug-likeness (QED) is 0.467. The average molecular weight is 508 g/mol. The van der Waals surface area contributed by atoms with Gasteiger partial charge in [0.1, 0.15) is 6.04 Å². The fourth-order valence-electron chi connectivity index (χ4n) is 3.74. The number of benzene rings is 2. The summed E-state index contributed by atoms with van der Waals surface area (Å²) in [4.78, 5) is 27.6. The lowest BCUT2D eigenvalue weighted by Crippen LogP contribution is -2.49. The molecule has 0 spiro atoms. The van der Waals surface area contributed by atoms with Crippen LogP contribution in [-0.2, 0) is 26.2 Å². The number of nitrogens with zero attached hydrogens (tertiary/aromatic N) is 2. The minimum atomic E-state index is -3.56. The van der Waals surface area contributed by atoms with E-state index >= 15 is 0 Å². The Balaban J connectivity index is 2.19. The van der Waals surface area contributed by atoms with E-state index in [4.69, 9.17) is 11.6 Å². The number of likely N-dealkylation sites (N-methyl/N-ethyl adjacent to an activating group) is 1. The van der Waals surface area contributed by atoms with Crippen LogP contribution in [0, 0.1) is 6.92 Å². The van der Waals surface area contributed by atoms with Crippen molar-refractivity contribution in [2.24, 2.45) is 0 Å². The maximum absolute atomic E-state index is 13.3. The van der Waals surface area contributed by atoms with Gasteiger partial charge in [0.15, 0.2) is 0 Å². The second-order valence-electron chi connectivity index (χ2n) is 8.24. The van der Waals surface area contributed by atoms with E-state index in [9.17, 15) is 18.0 Å². The summed E-state index contributed by atoms with van der Waals surface area (Å²) in [6.45, 7) is 6.61. The summed E-state index contributed by atoms with van der Waals surface area (Å²) in [5, 5.41) is 3.24. The first-order valence-electron chi connectivity index (χ1n) is 11.4. The van der Waals surface area contributed by atoms with Gasteiger partial charge in [-0.15, -0.1) is 0 Å². The molecule has 2 rings (SSSR count). The highest BCUT2D eigenvalue weighted by Crippen LogP contribution is 2.23. The van der Waals surface area contributed by atoms with Gasteiger partial charge in [0, 0.05) is 31.1 Å². The van der Waals surface area contributed by atoms with E-state index in [1.165, 1.54) is 4.31 Å². The highest BCUT2D eigenvalue weighted by Gasteiger charge is 2.28. The Morgan fingerprint density at radius 3 is 2.32 bits per heavy atom. The van der Waals surface area contributed by atoms with Crippen LogP contribution in [0.3, 0.4) is 0 Å². The van der Waals surface area contributed by atoms with Gasteiger partial charge in [-0.05, 0) is 50.5 Å². The molecule has 9 heteroatoms. The number of carbonyl (C=O) groups excluding carboxylic acids is 2. The molecule has 34 heavy (non-hydrogen) atoms. The molecular formula is C25H34ClN3O4S. The molecule has 2 amide bonds. The van der Waals surface area contributed by atoms with E-state index in [0.29, 0.717) is 36.6 Å². The largest absolute Gasteiger partial charge is 0.355 e. The van der Waals surface area contributed by atoms with Crippen molar-refractivity contribution >= 4 is 39.1 Å². The van der Waals surface area contributed by atoms with Crippen LogP contribution in [0.5, 0.6) is 0 Å². The summed E-state index contributed by atoms with van der Waals surface area (Å²) < 4.78 is 26.0. The van der Waals surface area contributed by atoms with Gasteiger partial charge < -0.3 is 10.2 Å². The average Bonchev–Trinajstić information content (AvgIpc) is 2.77. The Labute approximate surface area is 208 Å². The number of sulfonamides is 1. The molecule has 0 aliphatic heterocycles. The molecule has 0 bridgehead atoms. The lowest BCUT2D eigenvalue weighted by atomic mass is 10.1. The van der Waals surface area contributed by atoms with Crippen molar-refractivity contribution < 1.29 is 18.0 Å². The van der Waals surface area contributed by atoms with Crippen LogP contribution in [0.25, 0.3) is 0 Å². The Bertz CT molecular complexity index is 1070. The van der Waals surface area contributed by atoms with Crippen LogP contribution >= 0.6 is 11.6 Å². The van der Waals surface area contributed by atoms with E-state index in [0.717, 1.165) is 17.4 Å². The van der Waals surface area contributed by atoms with E-state index < -0.39 is 16.1 Å². The zero-order chi connectivity index (χ0) is 25.3. The molecule has 0 saturated carbocycles. The van der Waals surface area contributed by atoms with Crippen LogP contribution in [0.4, 0.5) is 5.69 Å². The summed E-state index contributed by atoms with van der Waals surface area (Å²) in [5.74, 6) is -0.389. The molecule has 0 unspecified atom stereocenters. The summed E-state index contributed by atoms with van der Waals surface area (Å²) in [5.41, 5.74) is 2.49. The van der Waals surface area contributed by atoms with Crippen LogP contribution in [0.15, 0.2) is 48.5 Å². The van der Waals surface area contributed by atoms with Gasteiger partial charge in [-0.2, -0.15) is 0 Å². The molecule has 1 N–H and O–H groups in total. The maximum atomic E-state index is 13.3. The van der Waals surface area contributed by atoms with Gasteiger partial charge in [0.2, 0.25) is 21.8 Å². The number of hydrogen-bond donors (Lipinski definition) is 1. The summed E-state index contributed by atoms with van der Waals surface area (Å²) >= 11 is 6.04. The van der Waals surface area contributed by atoms with Gasteiger partial charge in [-0.1, -0.05) is 54.4 Å². The van der Waals surface area contributed by atoms with Gasteiger partial charge in [-0.25, -0.2) is 8.42 Å². The molecular weight excluding hydrogens is 474 g/mol. The van der Waals surface area contributed by atoms with E-state index in [-0.39, 0.29) is 24.8 Å². The molecule has 0 heterocycles. The van der Waals surface area contributed by atoms with Crippen molar-refractivity contribution in [2.45, 2.75) is 52.6 Å². The summed E-state index contributed by atoms with van der Waals surface area (Å²) in [6, 6.07) is 13.8. The number of rotatable bonds is 12. The fraction of sp³-hybridized carbons (Fsp3) is 0.440. The number of nitrogens with one attached hydrogen (secondary N) is 1. The van der Waals surface area contributed by atoms with Crippen LogP contribution < -0.4 is 9.62 Å². The fourth-order valence-corrected chi connectivity index (χ4v) is 4.88.